The summed E-state index contributed by atoms with van der Waals surface area (Å²) in [5.41, 5.74) is 1.45. The van der Waals surface area contributed by atoms with Crippen molar-refractivity contribution in [2.75, 3.05) is 36.4 Å². The number of sulfonamides is 1. The van der Waals surface area contributed by atoms with Gasteiger partial charge in [0.25, 0.3) is 15.9 Å². The number of para-hydroxylation sites is 1. The van der Waals surface area contributed by atoms with Crippen LogP contribution < -0.4 is 10.2 Å². The lowest BCUT2D eigenvalue weighted by atomic mass is 10.2. The van der Waals surface area contributed by atoms with Crippen molar-refractivity contribution in [1.29, 1.82) is 0 Å². The van der Waals surface area contributed by atoms with Crippen molar-refractivity contribution >= 4 is 49.7 Å². The molecule has 2 heterocycles. The number of aromatic nitrogens is 2. The Morgan fingerprint density at radius 1 is 0.967 bits per heavy atom. The van der Waals surface area contributed by atoms with Gasteiger partial charge in [0.05, 0.1) is 0 Å². The third-order valence-corrected chi connectivity index (χ3v) is 7.99. The highest BCUT2D eigenvalue weighted by Crippen LogP contribution is 2.25. The predicted molar refractivity (Wildman–Crippen MR) is 117 cm³/mol. The van der Waals surface area contributed by atoms with Crippen LogP contribution in [-0.2, 0) is 10.0 Å². The molecule has 0 aliphatic carbocycles. The molecule has 11 heteroatoms. The zero-order valence-corrected chi connectivity index (χ0v) is 18.1. The van der Waals surface area contributed by atoms with E-state index in [-0.39, 0.29) is 9.47 Å². The maximum Gasteiger partial charge on any atom is 0.272 e. The summed E-state index contributed by atoms with van der Waals surface area (Å²) in [5, 5.41) is 10.8. The van der Waals surface area contributed by atoms with E-state index in [2.05, 4.69) is 20.4 Å². The van der Waals surface area contributed by atoms with E-state index in [0.29, 0.717) is 36.8 Å². The first-order valence-electron chi connectivity index (χ1n) is 9.14. The summed E-state index contributed by atoms with van der Waals surface area (Å²) in [7, 11) is -3.77. The molecule has 0 bridgehead atoms. The van der Waals surface area contributed by atoms with E-state index in [9.17, 15) is 13.2 Å². The molecule has 3 aromatic rings. The molecule has 0 atom stereocenters. The minimum absolute atomic E-state index is 0.122. The lowest BCUT2D eigenvalue weighted by Gasteiger charge is -2.34. The topological polar surface area (TPSA) is 95.5 Å². The number of nitrogens with zero attached hydrogens (tertiary/aromatic N) is 4. The Balaban J connectivity index is 1.41. The minimum Gasteiger partial charge on any atom is -0.369 e. The molecule has 0 saturated carbocycles. The number of hydrogen-bond donors (Lipinski definition) is 1. The standard InChI is InChI=1S/C19H18ClN5O3S2/c20-15-8-6-14(7-9-15)17(26)21-18-22-23-19(29-18)30(27,28)25-12-10-24(11-13-25)16-4-2-1-3-5-16/h1-9H,10-13H2,(H,21,22,26). The zero-order chi connectivity index (χ0) is 21.1. The van der Waals surface area contributed by atoms with Gasteiger partial charge in [0.2, 0.25) is 9.47 Å². The number of nitrogens with one attached hydrogen (secondary N) is 1. The molecule has 1 fully saturated rings. The molecule has 0 radical (unpaired) electrons. The van der Waals surface area contributed by atoms with E-state index in [1.807, 2.05) is 30.3 Å². The van der Waals surface area contributed by atoms with Crippen LogP contribution in [0.15, 0.2) is 58.9 Å². The molecule has 0 unspecified atom stereocenters. The molecule has 1 saturated heterocycles. The largest absolute Gasteiger partial charge is 0.369 e. The number of anilines is 2. The Labute approximate surface area is 183 Å². The maximum absolute atomic E-state index is 12.9. The molecule has 1 amide bonds. The van der Waals surface area contributed by atoms with Crippen LogP contribution in [0, 0.1) is 0 Å². The third kappa shape index (κ3) is 4.46. The van der Waals surface area contributed by atoms with Gasteiger partial charge in [-0.3, -0.25) is 10.1 Å². The summed E-state index contributed by atoms with van der Waals surface area (Å²) < 4.78 is 27.1. The SMILES string of the molecule is O=C(Nc1nnc(S(=O)(=O)N2CCN(c3ccccc3)CC2)s1)c1ccc(Cl)cc1. The average molecular weight is 464 g/mol. The summed E-state index contributed by atoms with van der Waals surface area (Å²) in [6, 6.07) is 16.2. The molecule has 0 spiro atoms. The maximum atomic E-state index is 12.9. The monoisotopic (exact) mass is 463 g/mol. The summed E-state index contributed by atoms with van der Waals surface area (Å²) in [4.78, 5) is 14.4. The first-order chi connectivity index (χ1) is 14.4. The van der Waals surface area contributed by atoms with Crippen molar-refractivity contribution in [3.8, 4) is 0 Å². The van der Waals surface area contributed by atoms with Gasteiger partial charge in [0.1, 0.15) is 0 Å². The van der Waals surface area contributed by atoms with Crippen molar-refractivity contribution in [1.82, 2.24) is 14.5 Å². The second-order valence-corrected chi connectivity index (χ2v) is 10.1. The third-order valence-electron chi connectivity index (χ3n) is 4.65. The van der Waals surface area contributed by atoms with E-state index in [1.165, 1.54) is 4.31 Å². The van der Waals surface area contributed by atoms with E-state index in [0.717, 1.165) is 17.0 Å². The fourth-order valence-corrected chi connectivity index (χ4v) is 5.65. The van der Waals surface area contributed by atoms with Crippen LogP contribution in [0.1, 0.15) is 10.4 Å². The number of halogens is 1. The fraction of sp³-hybridized carbons (Fsp3) is 0.211. The van der Waals surface area contributed by atoms with Gasteiger partial charge in [-0.2, -0.15) is 4.31 Å². The van der Waals surface area contributed by atoms with Crippen molar-refractivity contribution in [3.05, 3.63) is 65.2 Å². The van der Waals surface area contributed by atoms with Crippen molar-refractivity contribution in [3.63, 3.8) is 0 Å². The quantitative estimate of drug-likeness (QED) is 0.584. The molecule has 4 rings (SSSR count). The van der Waals surface area contributed by atoms with E-state index < -0.39 is 15.9 Å². The van der Waals surface area contributed by atoms with Gasteiger partial charge in [0, 0.05) is 42.5 Å². The molecular formula is C19H18ClN5O3S2. The molecule has 2 aromatic carbocycles. The highest BCUT2D eigenvalue weighted by Gasteiger charge is 2.32. The molecule has 30 heavy (non-hydrogen) atoms. The van der Waals surface area contributed by atoms with Crippen LogP contribution in [0.3, 0.4) is 0 Å². The molecule has 8 nitrogen and oxygen atoms in total. The fourth-order valence-electron chi connectivity index (χ4n) is 3.07. The first-order valence-corrected chi connectivity index (χ1v) is 11.8. The van der Waals surface area contributed by atoms with E-state index in [1.54, 1.807) is 24.3 Å². The summed E-state index contributed by atoms with van der Waals surface area (Å²) in [6.45, 7) is 1.87. The van der Waals surface area contributed by atoms with Crippen molar-refractivity contribution in [2.24, 2.45) is 0 Å². The number of benzene rings is 2. The van der Waals surface area contributed by atoms with Crippen LogP contribution in [-0.4, -0.2) is 55.0 Å². The Bertz CT molecular complexity index is 1130. The van der Waals surface area contributed by atoms with Gasteiger partial charge in [-0.25, -0.2) is 8.42 Å². The highest BCUT2D eigenvalue weighted by atomic mass is 35.5. The normalized spacial score (nSPS) is 15.2. The predicted octanol–water partition coefficient (Wildman–Crippen LogP) is 2.95. The molecule has 156 valence electrons. The Hall–Kier alpha value is -2.53. The van der Waals surface area contributed by atoms with Gasteiger partial charge in [-0.05, 0) is 36.4 Å². The minimum atomic E-state index is -3.77. The van der Waals surface area contributed by atoms with Crippen LogP contribution in [0.25, 0.3) is 0 Å². The summed E-state index contributed by atoms with van der Waals surface area (Å²) in [6.07, 6.45) is 0. The Morgan fingerprint density at radius 3 is 2.30 bits per heavy atom. The summed E-state index contributed by atoms with van der Waals surface area (Å²) in [5.74, 6) is -0.414. The van der Waals surface area contributed by atoms with Gasteiger partial charge < -0.3 is 4.90 Å². The van der Waals surface area contributed by atoms with Crippen molar-refractivity contribution < 1.29 is 13.2 Å². The van der Waals surface area contributed by atoms with E-state index >= 15 is 0 Å². The molecule has 1 N–H and O–H groups in total. The van der Waals surface area contributed by atoms with Crippen molar-refractivity contribution in [2.45, 2.75) is 4.34 Å². The molecule has 1 aliphatic rings. The molecule has 1 aromatic heterocycles. The molecule has 1 aliphatic heterocycles. The number of hydrogen-bond acceptors (Lipinski definition) is 7. The van der Waals surface area contributed by atoms with Crippen LogP contribution in [0.5, 0.6) is 0 Å². The smallest absolute Gasteiger partial charge is 0.272 e. The van der Waals surface area contributed by atoms with Crippen LogP contribution in [0.2, 0.25) is 5.02 Å². The number of carbonyl (C=O) groups is 1. The first kappa shape index (κ1) is 20.7. The Morgan fingerprint density at radius 2 is 1.63 bits per heavy atom. The number of carbonyl (C=O) groups excluding carboxylic acids is 1. The van der Waals surface area contributed by atoms with Crippen LogP contribution >= 0.6 is 22.9 Å². The van der Waals surface area contributed by atoms with Crippen LogP contribution in [0.4, 0.5) is 10.8 Å². The number of rotatable bonds is 5. The summed E-state index contributed by atoms with van der Waals surface area (Å²) >= 11 is 6.65. The molecular weight excluding hydrogens is 446 g/mol. The van der Waals surface area contributed by atoms with E-state index in [4.69, 9.17) is 11.6 Å². The lowest BCUT2D eigenvalue weighted by molar-refractivity contribution is 0.102. The Kier molecular flexibility index (Phi) is 6.00. The van der Waals surface area contributed by atoms with Gasteiger partial charge in [0.15, 0.2) is 0 Å². The van der Waals surface area contributed by atoms with Gasteiger partial charge >= 0.3 is 0 Å². The van der Waals surface area contributed by atoms with Gasteiger partial charge in [-0.15, -0.1) is 10.2 Å². The average Bonchev–Trinajstić information content (AvgIpc) is 3.24. The lowest BCUT2D eigenvalue weighted by Crippen LogP contribution is -2.48. The van der Waals surface area contributed by atoms with Gasteiger partial charge in [-0.1, -0.05) is 41.1 Å². The zero-order valence-electron chi connectivity index (χ0n) is 15.7. The second kappa shape index (κ2) is 8.68. The number of piperazine rings is 1. The second-order valence-electron chi connectivity index (χ2n) is 6.56. The highest BCUT2D eigenvalue weighted by molar-refractivity contribution is 7.91. The number of amides is 1.